The van der Waals surface area contributed by atoms with Crippen molar-refractivity contribution in [3.63, 3.8) is 0 Å². The smallest absolute Gasteiger partial charge is 0.306 e. The van der Waals surface area contributed by atoms with E-state index in [0.717, 1.165) is 28.5 Å². The molecular weight excluding hydrogens is 501 g/mol. The number of hydrogen-bond acceptors (Lipinski definition) is 5. The number of oxazole rings is 1. The number of benzene rings is 2. The van der Waals surface area contributed by atoms with Crippen LogP contribution in [-0.2, 0) is 27.8 Å². The molecule has 2 aromatic heterocycles. The first kappa shape index (κ1) is 25.6. The summed E-state index contributed by atoms with van der Waals surface area (Å²) in [6.07, 6.45) is 3.55. The number of amides is 1. The summed E-state index contributed by atoms with van der Waals surface area (Å²) >= 11 is 0. The molecule has 6 rings (SSSR count). The summed E-state index contributed by atoms with van der Waals surface area (Å²) < 4.78 is 29.1. The minimum absolute atomic E-state index is 0.132. The third kappa shape index (κ3) is 5.03. The molecule has 1 saturated carbocycles. The fourth-order valence-corrected chi connectivity index (χ4v) is 6.08. The number of hydrogen-bond donors (Lipinski definition) is 1. The molecule has 1 aliphatic carbocycles. The second-order valence-corrected chi connectivity index (χ2v) is 10.8. The number of nitrogens with zero attached hydrogens (tertiary/aromatic N) is 3. The molecular formula is C30H32FN3O5. The molecule has 2 aliphatic rings. The second-order valence-electron chi connectivity index (χ2n) is 10.8. The van der Waals surface area contributed by atoms with Crippen molar-refractivity contribution in [2.24, 2.45) is 13.0 Å². The van der Waals surface area contributed by atoms with Crippen LogP contribution in [0, 0.1) is 5.92 Å². The minimum atomic E-state index is -1.58. The third-order valence-corrected chi connectivity index (χ3v) is 8.20. The number of ether oxygens (including phenoxy) is 1. The highest BCUT2D eigenvalue weighted by Gasteiger charge is 2.38. The highest BCUT2D eigenvalue weighted by atomic mass is 19.1. The molecule has 39 heavy (non-hydrogen) atoms. The lowest BCUT2D eigenvalue weighted by Gasteiger charge is -2.32. The van der Waals surface area contributed by atoms with Crippen LogP contribution in [0.5, 0.6) is 0 Å². The first-order valence-electron chi connectivity index (χ1n) is 13.6. The largest absolute Gasteiger partial charge is 0.481 e. The Labute approximate surface area is 225 Å². The number of carbonyl (C=O) groups is 2. The van der Waals surface area contributed by atoms with Gasteiger partial charge in [-0.3, -0.25) is 9.59 Å². The minimum Gasteiger partial charge on any atom is -0.481 e. The summed E-state index contributed by atoms with van der Waals surface area (Å²) in [4.78, 5) is 30.7. The zero-order valence-electron chi connectivity index (χ0n) is 21.9. The number of aryl methyl sites for hydroxylation is 1. The lowest BCUT2D eigenvalue weighted by atomic mass is 9.87. The van der Waals surface area contributed by atoms with Crippen molar-refractivity contribution in [1.29, 1.82) is 0 Å². The second kappa shape index (κ2) is 10.4. The maximum Gasteiger partial charge on any atom is 0.306 e. The Morgan fingerprint density at radius 3 is 2.74 bits per heavy atom. The lowest BCUT2D eigenvalue weighted by Crippen LogP contribution is -2.44. The van der Waals surface area contributed by atoms with E-state index in [1.54, 1.807) is 4.90 Å². The molecule has 2 fully saturated rings. The lowest BCUT2D eigenvalue weighted by molar-refractivity contribution is -0.156. The van der Waals surface area contributed by atoms with E-state index in [1.165, 1.54) is 0 Å². The first-order valence-corrected chi connectivity index (χ1v) is 13.6. The molecule has 1 unspecified atom stereocenters. The monoisotopic (exact) mass is 533 g/mol. The Balaban J connectivity index is 1.13. The molecule has 0 bridgehead atoms. The average Bonchev–Trinajstić information content (AvgIpc) is 3.66. The number of aliphatic carboxylic acids is 1. The molecule has 0 radical (unpaired) electrons. The number of carboxylic acids is 1. The summed E-state index contributed by atoms with van der Waals surface area (Å²) in [5, 5.41) is 10.2. The van der Waals surface area contributed by atoms with Crippen LogP contribution in [0.4, 0.5) is 4.39 Å². The average molecular weight is 534 g/mol. The summed E-state index contributed by atoms with van der Waals surface area (Å²) in [6, 6.07) is 13.0. The predicted octanol–water partition coefficient (Wildman–Crippen LogP) is 5.48. The number of rotatable bonds is 7. The van der Waals surface area contributed by atoms with Crippen molar-refractivity contribution in [2.45, 2.75) is 63.4 Å². The van der Waals surface area contributed by atoms with E-state index in [4.69, 9.17) is 9.15 Å². The van der Waals surface area contributed by atoms with Gasteiger partial charge in [0, 0.05) is 30.7 Å². The normalized spacial score (nSPS) is 22.5. The van der Waals surface area contributed by atoms with Crippen molar-refractivity contribution < 1.29 is 28.2 Å². The fraction of sp³-hybridized carbons (Fsp3) is 0.433. The number of fused-ring (bicyclic) bond motifs is 2. The highest BCUT2D eigenvalue weighted by molar-refractivity contribution is 5.95. The van der Waals surface area contributed by atoms with Crippen LogP contribution in [0.1, 0.15) is 44.1 Å². The van der Waals surface area contributed by atoms with Crippen molar-refractivity contribution in [3.05, 3.63) is 54.2 Å². The molecule has 0 spiro atoms. The van der Waals surface area contributed by atoms with Gasteiger partial charge in [-0.1, -0.05) is 24.3 Å². The zero-order valence-corrected chi connectivity index (χ0v) is 21.9. The quantitative estimate of drug-likeness (QED) is 0.338. The fourth-order valence-electron chi connectivity index (χ4n) is 6.08. The van der Waals surface area contributed by atoms with E-state index in [0.29, 0.717) is 55.6 Å². The van der Waals surface area contributed by atoms with Crippen molar-refractivity contribution in [3.8, 4) is 11.5 Å². The van der Waals surface area contributed by atoms with Crippen LogP contribution >= 0.6 is 0 Å². The highest BCUT2D eigenvalue weighted by Crippen LogP contribution is 2.33. The van der Waals surface area contributed by atoms with Crippen LogP contribution in [0.25, 0.3) is 33.5 Å². The zero-order chi connectivity index (χ0) is 27.1. The molecule has 1 amide bonds. The molecule has 2 atom stereocenters. The Kier molecular flexibility index (Phi) is 6.85. The molecule has 2 aromatic carbocycles. The van der Waals surface area contributed by atoms with Crippen LogP contribution in [-0.4, -0.2) is 56.5 Å². The summed E-state index contributed by atoms with van der Waals surface area (Å²) in [6.45, 7) is 0.495. The molecule has 204 valence electrons. The maximum atomic E-state index is 15.2. The van der Waals surface area contributed by atoms with E-state index in [2.05, 4.69) is 4.98 Å². The van der Waals surface area contributed by atoms with E-state index < -0.39 is 18.4 Å². The number of alkyl halides is 1. The van der Waals surface area contributed by atoms with Gasteiger partial charge < -0.3 is 23.7 Å². The topological polar surface area (TPSA) is 97.8 Å². The van der Waals surface area contributed by atoms with E-state index in [1.807, 2.05) is 60.3 Å². The van der Waals surface area contributed by atoms with Crippen molar-refractivity contribution in [2.75, 3.05) is 6.54 Å². The maximum absolute atomic E-state index is 15.2. The van der Waals surface area contributed by atoms with Gasteiger partial charge in [-0.15, -0.1) is 0 Å². The van der Waals surface area contributed by atoms with Gasteiger partial charge in [0.1, 0.15) is 5.52 Å². The Morgan fingerprint density at radius 1 is 1.15 bits per heavy atom. The molecule has 8 nitrogen and oxygen atoms in total. The standard InChI is InChI=1S/C30H32FN3O5/c1-33-17-22(21-5-2-3-6-24(21)33)29-32-23-13-8-18(15-26(23)39-29)16-27(35)34-14-4-7-25(34)28(31)38-20-11-9-19(10-12-20)30(36)37/h2-3,5-6,8,13,15,17,19-20,25,28H,4,7,9-12,14,16H2,1H3,(H,36,37)/t19?,20?,25-,28?/m0/s1. The summed E-state index contributed by atoms with van der Waals surface area (Å²) in [5.41, 5.74) is 4.09. The number of para-hydroxylation sites is 1. The molecule has 1 aliphatic heterocycles. The van der Waals surface area contributed by atoms with Crippen LogP contribution < -0.4 is 0 Å². The Morgan fingerprint density at radius 2 is 1.95 bits per heavy atom. The number of likely N-dealkylation sites (tertiary alicyclic amines) is 1. The van der Waals surface area contributed by atoms with Gasteiger partial charge in [0.05, 0.1) is 30.0 Å². The van der Waals surface area contributed by atoms with Crippen molar-refractivity contribution in [1.82, 2.24) is 14.5 Å². The molecule has 1 N–H and O–H groups in total. The van der Waals surface area contributed by atoms with Gasteiger partial charge >= 0.3 is 5.97 Å². The molecule has 4 aromatic rings. The Bertz CT molecular complexity index is 1520. The van der Waals surface area contributed by atoms with Gasteiger partial charge in [-0.25, -0.2) is 9.37 Å². The number of aromatic nitrogens is 2. The number of carbonyl (C=O) groups excluding carboxylic acids is 1. The summed E-state index contributed by atoms with van der Waals surface area (Å²) in [7, 11) is 1.99. The van der Waals surface area contributed by atoms with Crippen LogP contribution in [0.3, 0.4) is 0 Å². The molecule has 1 saturated heterocycles. The number of halogens is 1. The molecule has 3 heterocycles. The van der Waals surface area contributed by atoms with E-state index in [-0.39, 0.29) is 24.3 Å². The first-order chi connectivity index (χ1) is 18.9. The van der Waals surface area contributed by atoms with Crippen LogP contribution in [0.15, 0.2) is 53.1 Å². The van der Waals surface area contributed by atoms with E-state index in [9.17, 15) is 14.7 Å². The predicted molar refractivity (Wildman–Crippen MR) is 144 cm³/mol. The molecule has 9 heteroatoms. The van der Waals surface area contributed by atoms with Crippen molar-refractivity contribution >= 4 is 33.9 Å². The van der Waals surface area contributed by atoms with Crippen LogP contribution in [0.2, 0.25) is 0 Å². The SMILES string of the molecule is Cn1cc(-c2nc3ccc(CC(=O)N4CCC[C@H]4C(F)OC4CCC(C(=O)O)CC4)cc3o2)c2ccccc21. The van der Waals surface area contributed by atoms with Gasteiger partial charge in [0.25, 0.3) is 0 Å². The van der Waals surface area contributed by atoms with Gasteiger partial charge in [-0.05, 0) is 62.3 Å². The number of carboxylic acid groups (broad SMARTS) is 1. The Hall–Kier alpha value is -3.72. The third-order valence-electron chi connectivity index (χ3n) is 8.20. The van der Waals surface area contributed by atoms with Gasteiger partial charge in [0.2, 0.25) is 18.2 Å². The van der Waals surface area contributed by atoms with Gasteiger partial charge in [0.15, 0.2) is 5.58 Å². The van der Waals surface area contributed by atoms with Gasteiger partial charge in [-0.2, -0.15) is 0 Å². The van der Waals surface area contributed by atoms with E-state index >= 15 is 4.39 Å². The summed E-state index contributed by atoms with van der Waals surface area (Å²) in [5.74, 6) is -0.797.